The summed E-state index contributed by atoms with van der Waals surface area (Å²) < 4.78 is 0. The van der Waals surface area contributed by atoms with E-state index in [1.165, 1.54) is 25.7 Å². The van der Waals surface area contributed by atoms with Crippen molar-refractivity contribution in [3.8, 4) is 0 Å². The molecule has 0 radical (unpaired) electrons. The van der Waals surface area contributed by atoms with Crippen LogP contribution in [-0.2, 0) is 0 Å². The van der Waals surface area contributed by atoms with E-state index >= 15 is 0 Å². The predicted octanol–water partition coefficient (Wildman–Crippen LogP) is 5.86. The van der Waals surface area contributed by atoms with Crippen molar-refractivity contribution in [1.82, 2.24) is 5.32 Å². The third-order valence-corrected chi connectivity index (χ3v) is 5.13. The average Bonchev–Trinajstić information content (AvgIpc) is 2.38. The summed E-state index contributed by atoms with van der Waals surface area (Å²) in [6.07, 6.45) is 5.33. The minimum atomic E-state index is 0.268. The van der Waals surface area contributed by atoms with E-state index in [-0.39, 0.29) is 6.04 Å². The summed E-state index contributed by atoms with van der Waals surface area (Å²) in [6, 6.07) is 6.66. The molecule has 0 aromatic heterocycles. The Kier molecular flexibility index (Phi) is 5.77. The summed E-state index contributed by atoms with van der Waals surface area (Å²) in [6.45, 7) is 6.87. The van der Waals surface area contributed by atoms with Crippen molar-refractivity contribution in [2.24, 2.45) is 11.8 Å². The third-order valence-electron chi connectivity index (χ3n) is 4.57. The van der Waals surface area contributed by atoms with Gasteiger partial charge in [-0.1, -0.05) is 56.0 Å². The molecule has 2 rings (SSSR count). The molecule has 112 valence electrons. The molecule has 0 spiro atoms. The van der Waals surface area contributed by atoms with Crippen LogP contribution in [0.5, 0.6) is 0 Å². The van der Waals surface area contributed by atoms with Gasteiger partial charge in [-0.2, -0.15) is 0 Å². The van der Waals surface area contributed by atoms with Crippen LogP contribution in [0, 0.1) is 11.8 Å². The molecule has 1 nitrogen and oxygen atoms in total. The minimum Gasteiger partial charge on any atom is -0.307 e. The molecule has 0 heterocycles. The molecular weight excluding hydrogens is 289 g/mol. The van der Waals surface area contributed by atoms with Crippen molar-refractivity contribution in [3.05, 3.63) is 33.8 Å². The molecular formula is C17H25Cl2N. The van der Waals surface area contributed by atoms with Crippen molar-refractivity contribution in [2.45, 2.75) is 58.5 Å². The monoisotopic (exact) mass is 313 g/mol. The molecule has 1 aliphatic carbocycles. The lowest BCUT2D eigenvalue weighted by molar-refractivity contribution is 0.195. The minimum absolute atomic E-state index is 0.268. The summed E-state index contributed by atoms with van der Waals surface area (Å²) in [5, 5.41) is 5.26. The first kappa shape index (κ1) is 16.1. The summed E-state index contributed by atoms with van der Waals surface area (Å²) >= 11 is 12.3. The Morgan fingerprint density at radius 3 is 2.45 bits per heavy atom. The molecule has 20 heavy (non-hydrogen) atoms. The van der Waals surface area contributed by atoms with Gasteiger partial charge in [-0.25, -0.2) is 0 Å². The van der Waals surface area contributed by atoms with Gasteiger partial charge in [0.2, 0.25) is 0 Å². The topological polar surface area (TPSA) is 12.0 Å². The van der Waals surface area contributed by atoms with Crippen molar-refractivity contribution >= 4 is 23.2 Å². The van der Waals surface area contributed by atoms with Crippen LogP contribution in [0.25, 0.3) is 0 Å². The first-order chi connectivity index (χ1) is 9.49. The molecule has 1 aromatic rings. The van der Waals surface area contributed by atoms with Gasteiger partial charge in [0.25, 0.3) is 0 Å². The third kappa shape index (κ3) is 3.90. The molecule has 1 aromatic carbocycles. The molecule has 3 heteroatoms. The van der Waals surface area contributed by atoms with E-state index in [1.54, 1.807) is 0 Å². The van der Waals surface area contributed by atoms with Gasteiger partial charge >= 0.3 is 0 Å². The second-order valence-electron chi connectivity index (χ2n) is 6.35. The second kappa shape index (κ2) is 7.15. The van der Waals surface area contributed by atoms with Crippen molar-refractivity contribution in [3.63, 3.8) is 0 Å². The molecule has 3 unspecified atom stereocenters. The summed E-state index contributed by atoms with van der Waals surface area (Å²) in [5.74, 6) is 1.51. The Bertz CT molecular complexity index is 445. The van der Waals surface area contributed by atoms with Crippen LogP contribution in [-0.4, -0.2) is 6.04 Å². The maximum Gasteiger partial charge on any atom is 0.0468 e. The quantitative estimate of drug-likeness (QED) is 0.734. The van der Waals surface area contributed by atoms with Gasteiger partial charge in [-0.3, -0.25) is 0 Å². The number of benzene rings is 1. The number of rotatable bonds is 4. The molecule has 0 aliphatic heterocycles. The molecule has 0 saturated heterocycles. The van der Waals surface area contributed by atoms with Crippen molar-refractivity contribution < 1.29 is 0 Å². The Labute approximate surface area is 133 Å². The zero-order valence-corrected chi connectivity index (χ0v) is 14.1. The van der Waals surface area contributed by atoms with Gasteiger partial charge in [0.05, 0.1) is 0 Å². The summed E-state index contributed by atoms with van der Waals surface area (Å²) in [7, 11) is 0. The molecule has 0 amide bonds. The predicted molar refractivity (Wildman–Crippen MR) is 88.6 cm³/mol. The summed E-state index contributed by atoms with van der Waals surface area (Å²) in [5.41, 5.74) is 1.14. The highest BCUT2D eigenvalue weighted by atomic mass is 35.5. The van der Waals surface area contributed by atoms with Gasteiger partial charge in [0, 0.05) is 22.1 Å². The molecule has 1 aliphatic rings. The lowest BCUT2D eigenvalue weighted by Crippen LogP contribution is -2.42. The maximum atomic E-state index is 6.32. The van der Waals surface area contributed by atoms with E-state index in [0.717, 1.165) is 22.4 Å². The van der Waals surface area contributed by atoms with Crippen LogP contribution in [0.2, 0.25) is 10.0 Å². The van der Waals surface area contributed by atoms with Crippen LogP contribution in [0.1, 0.15) is 58.1 Å². The number of hydrogen-bond acceptors (Lipinski definition) is 1. The fourth-order valence-electron chi connectivity index (χ4n) is 3.43. The Morgan fingerprint density at radius 1 is 1.10 bits per heavy atom. The van der Waals surface area contributed by atoms with E-state index in [4.69, 9.17) is 23.2 Å². The zero-order valence-electron chi connectivity index (χ0n) is 12.6. The average molecular weight is 314 g/mol. The van der Waals surface area contributed by atoms with E-state index in [0.29, 0.717) is 11.1 Å². The highest BCUT2D eigenvalue weighted by Gasteiger charge is 2.28. The second-order valence-corrected chi connectivity index (χ2v) is 7.20. The molecule has 1 N–H and O–H groups in total. The standard InChI is InChI=1S/C17H25Cl2N/c1-11(2)14-6-4-5-7-17(14)20-12(3)15-9-8-13(18)10-16(15)19/h8-12,14,17,20H,4-7H2,1-3H3. The van der Waals surface area contributed by atoms with Gasteiger partial charge in [0.15, 0.2) is 0 Å². The number of nitrogens with one attached hydrogen (secondary N) is 1. The van der Waals surface area contributed by atoms with E-state index in [1.807, 2.05) is 18.2 Å². The molecule has 3 atom stereocenters. The Balaban J connectivity index is 2.07. The van der Waals surface area contributed by atoms with E-state index < -0.39 is 0 Å². The van der Waals surface area contributed by atoms with Gasteiger partial charge in [-0.05, 0) is 49.3 Å². The Hall–Kier alpha value is -0.240. The lowest BCUT2D eigenvalue weighted by atomic mass is 9.77. The van der Waals surface area contributed by atoms with Gasteiger partial charge < -0.3 is 5.32 Å². The van der Waals surface area contributed by atoms with Crippen LogP contribution < -0.4 is 5.32 Å². The van der Waals surface area contributed by atoms with Crippen molar-refractivity contribution in [1.29, 1.82) is 0 Å². The van der Waals surface area contributed by atoms with Crippen LogP contribution in [0.15, 0.2) is 18.2 Å². The Morgan fingerprint density at radius 2 is 1.80 bits per heavy atom. The fourth-order valence-corrected chi connectivity index (χ4v) is 4.00. The normalized spacial score (nSPS) is 24.9. The van der Waals surface area contributed by atoms with Gasteiger partial charge in [0.1, 0.15) is 0 Å². The van der Waals surface area contributed by atoms with Crippen LogP contribution in [0.3, 0.4) is 0 Å². The largest absolute Gasteiger partial charge is 0.307 e. The summed E-state index contributed by atoms with van der Waals surface area (Å²) in [4.78, 5) is 0. The smallest absolute Gasteiger partial charge is 0.0468 e. The first-order valence-corrected chi connectivity index (χ1v) is 8.45. The highest BCUT2D eigenvalue weighted by Crippen LogP contribution is 2.33. The molecule has 1 saturated carbocycles. The molecule has 0 bridgehead atoms. The van der Waals surface area contributed by atoms with Crippen LogP contribution in [0.4, 0.5) is 0 Å². The maximum absolute atomic E-state index is 6.32. The molecule has 1 fully saturated rings. The fraction of sp³-hybridized carbons (Fsp3) is 0.647. The zero-order chi connectivity index (χ0) is 14.7. The first-order valence-electron chi connectivity index (χ1n) is 7.70. The van der Waals surface area contributed by atoms with Crippen molar-refractivity contribution in [2.75, 3.05) is 0 Å². The number of halogens is 2. The van der Waals surface area contributed by atoms with E-state index in [2.05, 4.69) is 26.1 Å². The SMILES string of the molecule is CC(NC1CCCCC1C(C)C)c1ccc(Cl)cc1Cl. The number of hydrogen-bond donors (Lipinski definition) is 1. The van der Waals surface area contributed by atoms with Crippen LogP contribution >= 0.6 is 23.2 Å². The van der Waals surface area contributed by atoms with E-state index in [9.17, 15) is 0 Å². The van der Waals surface area contributed by atoms with Gasteiger partial charge in [-0.15, -0.1) is 0 Å². The highest BCUT2D eigenvalue weighted by molar-refractivity contribution is 6.35. The lowest BCUT2D eigenvalue weighted by Gasteiger charge is -2.37.